The van der Waals surface area contributed by atoms with E-state index >= 15 is 0 Å². The van der Waals surface area contributed by atoms with E-state index in [9.17, 15) is 4.79 Å². The molecule has 0 aliphatic carbocycles. The summed E-state index contributed by atoms with van der Waals surface area (Å²) in [6.45, 7) is 13.4. The monoisotopic (exact) mass is 274 g/mol. The predicted molar refractivity (Wildman–Crippen MR) is 74.1 cm³/mol. The Kier molecular flexibility index (Phi) is 5.47. The molecule has 0 atom stereocenters. The van der Waals surface area contributed by atoms with Crippen molar-refractivity contribution in [3.05, 3.63) is 12.2 Å². The van der Waals surface area contributed by atoms with Crippen molar-refractivity contribution in [2.45, 2.75) is 26.4 Å². The first kappa shape index (κ1) is 15.3. The molecule has 1 aliphatic heterocycles. The van der Waals surface area contributed by atoms with Crippen LogP contribution in [0.4, 0.5) is 4.79 Å². The van der Waals surface area contributed by atoms with Gasteiger partial charge in [0.1, 0.15) is 5.60 Å². The fourth-order valence-electron chi connectivity index (χ4n) is 1.77. The lowest BCUT2D eigenvalue weighted by molar-refractivity contribution is 0.0152. The molecule has 0 spiro atoms. The van der Waals surface area contributed by atoms with Gasteiger partial charge in [-0.3, -0.25) is 4.90 Å². The molecule has 0 unspecified atom stereocenters. The maximum Gasteiger partial charge on any atom is 0.410 e. The van der Waals surface area contributed by atoms with Crippen LogP contribution in [0.5, 0.6) is 0 Å². The maximum absolute atomic E-state index is 11.8. The SMILES string of the molecule is C=C(CCl)CN1CCN(C(=O)OC(C)(C)C)CC1. The van der Waals surface area contributed by atoms with E-state index in [2.05, 4.69) is 11.5 Å². The summed E-state index contributed by atoms with van der Waals surface area (Å²) in [5.41, 5.74) is 0.587. The molecule has 5 heteroatoms. The van der Waals surface area contributed by atoms with E-state index in [1.54, 1.807) is 4.90 Å². The first-order chi connectivity index (χ1) is 8.31. The highest BCUT2D eigenvalue weighted by molar-refractivity contribution is 6.19. The van der Waals surface area contributed by atoms with Gasteiger partial charge >= 0.3 is 6.09 Å². The molecule has 0 aromatic carbocycles. The second-order valence-corrected chi connectivity index (χ2v) is 5.89. The molecule has 18 heavy (non-hydrogen) atoms. The fourth-order valence-corrected chi connectivity index (χ4v) is 1.86. The van der Waals surface area contributed by atoms with Crippen LogP contribution in [0.25, 0.3) is 0 Å². The summed E-state index contributed by atoms with van der Waals surface area (Å²) in [5.74, 6) is 0.492. The van der Waals surface area contributed by atoms with Crippen molar-refractivity contribution in [2.75, 3.05) is 38.6 Å². The van der Waals surface area contributed by atoms with Crippen molar-refractivity contribution < 1.29 is 9.53 Å². The third-order valence-corrected chi connectivity index (χ3v) is 3.04. The molecule has 1 aliphatic rings. The number of hydrogen-bond acceptors (Lipinski definition) is 3. The second-order valence-electron chi connectivity index (χ2n) is 5.63. The molecule has 0 radical (unpaired) electrons. The minimum Gasteiger partial charge on any atom is -0.444 e. The van der Waals surface area contributed by atoms with Crippen molar-refractivity contribution in [3.63, 3.8) is 0 Å². The Bertz CT molecular complexity index is 305. The van der Waals surface area contributed by atoms with Crippen molar-refractivity contribution >= 4 is 17.7 Å². The molecule has 0 aromatic rings. The minimum atomic E-state index is -0.429. The molecular formula is C13H23ClN2O2. The lowest BCUT2D eigenvalue weighted by atomic mass is 10.2. The van der Waals surface area contributed by atoms with E-state index in [0.29, 0.717) is 19.0 Å². The third kappa shape index (κ3) is 5.27. The van der Waals surface area contributed by atoms with E-state index < -0.39 is 5.60 Å². The van der Waals surface area contributed by atoms with Gasteiger partial charge in [-0.1, -0.05) is 6.58 Å². The summed E-state index contributed by atoms with van der Waals surface area (Å²) in [4.78, 5) is 15.9. The van der Waals surface area contributed by atoms with Gasteiger partial charge in [0, 0.05) is 38.6 Å². The highest BCUT2D eigenvalue weighted by atomic mass is 35.5. The van der Waals surface area contributed by atoms with E-state index in [1.165, 1.54) is 0 Å². The molecule has 0 aromatic heterocycles. The zero-order chi connectivity index (χ0) is 13.8. The fraction of sp³-hybridized carbons (Fsp3) is 0.769. The van der Waals surface area contributed by atoms with Crippen molar-refractivity contribution in [3.8, 4) is 0 Å². The average molecular weight is 275 g/mol. The Morgan fingerprint density at radius 1 is 1.28 bits per heavy atom. The molecule has 0 saturated carbocycles. The lowest BCUT2D eigenvalue weighted by Gasteiger charge is -2.35. The summed E-state index contributed by atoms with van der Waals surface area (Å²) in [7, 11) is 0. The van der Waals surface area contributed by atoms with E-state index in [-0.39, 0.29) is 6.09 Å². The first-order valence-electron chi connectivity index (χ1n) is 6.25. The van der Waals surface area contributed by atoms with Gasteiger partial charge < -0.3 is 9.64 Å². The van der Waals surface area contributed by atoms with E-state index in [4.69, 9.17) is 16.3 Å². The van der Waals surface area contributed by atoms with Crippen LogP contribution in [-0.4, -0.2) is 60.1 Å². The van der Waals surface area contributed by atoms with Crippen LogP contribution in [0.3, 0.4) is 0 Å². The van der Waals surface area contributed by atoms with Gasteiger partial charge in [-0.2, -0.15) is 0 Å². The van der Waals surface area contributed by atoms with Gasteiger partial charge in [0.15, 0.2) is 0 Å². The minimum absolute atomic E-state index is 0.224. The number of rotatable bonds is 3. The average Bonchev–Trinajstić information content (AvgIpc) is 2.27. The summed E-state index contributed by atoms with van der Waals surface area (Å²) >= 11 is 5.71. The topological polar surface area (TPSA) is 32.8 Å². The van der Waals surface area contributed by atoms with Gasteiger partial charge in [0.2, 0.25) is 0 Å². The van der Waals surface area contributed by atoms with Gasteiger partial charge in [0.25, 0.3) is 0 Å². The Hall–Kier alpha value is -0.740. The van der Waals surface area contributed by atoms with Gasteiger partial charge in [0.05, 0.1) is 0 Å². The van der Waals surface area contributed by atoms with Crippen LogP contribution >= 0.6 is 11.6 Å². The molecule has 1 amide bonds. The molecular weight excluding hydrogens is 252 g/mol. The van der Waals surface area contributed by atoms with Crippen LogP contribution in [0.15, 0.2) is 12.2 Å². The third-order valence-electron chi connectivity index (χ3n) is 2.66. The van der Waals surface area contributed by atoms with Crippen LogP contribution < -0.4 is 0 Å². The Morgan fingerprint density at radius 2 is 1.83 bits per heavy atom. The molecule has 1 heterocycles. The van der Waals surface area contributed by atoms with E-state index in [1.807, 2.05) is 20.8 Å². The number of hydrogen-bond donors (Lipinski definition) is 0. The summed E-state index contributed by atoms with van der Waals surface area (Å²) < 4.78 is 5.34. The smallest absolute Gasteiger partial charge is 0.410 e. The van der Waals surface area contributed by atoms with Crippen LogP contribution in [0.1, 0.15) is 20.8 Å². The number of amides is 1. The molecule has 104 valence electrons. The zero-order valence-electron chi connectivity index (χ0n) is 11.5. The van der Waals surface area contributed by atoms with E-state index in [0.717, 1.165) is 25.2 Å². The largest absolute Gasteiger partial charge is 0.444 e. The number of nitrogens with zero attached hydrogens (tertiary/aromatic N) is 2. The zero-order valence-corrected chi connectivity index (χ0v) is 12.3. The highest BCUT2D eigenvalue weighted by Gasteiger charge is 2.25. The summed E-state index contributed by atoms with van der Waals surface area (Å²) in [6.07, 6.45) is -0.224. The highest BCUT2D eigenvalue weighted by Crippen LogP contribution is 2.12. The van der Waals surface area contributed by atoms with Crippen LogP contribution in [0.2, 0.25) is 0 Å². The Balaban J connectivity index is 2.35. The van der Waals surface area contributed by atoms with Crippen LogP contribution in [-0.2, 0) is 4.74 Å². The normalized spacial score (nSPS) is 17.7. The van der Waals surface area contributed by atoms with Crippen LogP contribution in [0, 0.1) is 0 Å². The van der Waals surface area contributed by atoms with Crippen molar-refractivity contribution in [1.29, 1.82) is 0 Å². The molecule has 1 fully saturated rings. The molecule has 0 bridgehead atoms. The second kappa shape index (κ2) is 6.43. The number of piperazine rings is 1. The number of ether oxygens (including phenoxy) is 1. The predicted octanol–water partition coefficient (Wildman–Crippen LogP) is 2.33. The number of alkyl halides is 1. The van der Waals surface area contributed by atoms with Crippen molar-refractivity contribution in [2.24, 2.45) is 0 Å². The quantitative estimate of drug-likeness (QED) is 0.585. The number of halogens is 1. The number of carbonyl (C=O) groups is 1. The summed E-state index contributed by atoms with van der Waals surface area (Å²) in [6, 6.07) is 0. The maximum atomic E-state index is 11.8. The molecule has 1 saturated heterocycles. The summed E-state index contributed by atoms with van der Waals surface area (Å²) in [5, 5.41) is 0. The van der Waals surface area contributed by atoms with Gasteiger partial charge in [-0.05, 0) is 26.3 Å². The molecule has 1 rings (SSSR count). The first-order valence-corrected chi connectivity index (χ1v) is 6.78. The molecule has 4 nitrogen and oxygen atoms in total. The molecule has 0 N–H and O–H groups in total. The Labute approximate surface area is 115 Å². The van der Waals surface area contributed by atoms with Crippen molar-refractivity contribution in [1.82, 2.24) is 9.80 Å². The Morgan fingerprint density at radius 3 is 2.28 bits per heavy atom. The van der Waals surface area contributed by atoms with Gasteiger partial charge in [-0.25, -0.2) is 4.79 Å². The lowest BCUT2D eigenvalue weighted by Crippen LogP contribution is -2.50. The standard InChI is InChI=1S/C13H23ClN2O2/c1-11(9-14)10-15-5-7-16(8-6-15)12(17)18-13(2,3)4/h1,5-10H2,2-4H3. The number of carbonyl (C=O) groups excluding carboxylic acids is 1. The van der Waals surface area contributed by atoms with Gasteiger partial charge in [-0.15, -0.1) is 11.6 Å².